The number of alkyl halides is 3. The fourth-order valence-corrected chi connectivity index (χ4v) is 3.23. The van der Waals surface area contributed by atoms with Gasteiger partial charge in [-0.25, -0.2) is 4.68 Å². The summed E-state index contributed by atoms with van der Waals surface area (Å²) in [4.78, 5) is 12.5. The standard InChI is InChI=1S/C22H17BrF3N5O2/c23-17-4-6-19(7-5-17)33-14-30-9-8-20(29-30)21(32)28-18-11-27-31(13-18)12-15-2-1-3-16(10-15)22(24,25)26/h1-11,13H,12,14H2,(H,28,32). The maximum atomic E-state index is 12.9. The Morgan fingerprint density at radius 3 is 2.64 bits per heavy atom. The number of ether oxygens (including phenoxy) is 1. The molecule has 0 unspecified atom stereocenters. The number of anilines is 1. The van der Waals surface area contributed by atoms with Crippen LogP contribution in [0.15, 0.2) is 77.7 Å². The zero-order chi connectivity index (χ0) is 23.4. The van der Waals surface area contributed by atoms with Gasteiger partial charge in [0.2, 0.25) is 0 Å². The van der Waals surface area contributed by atoms with E-state index in [1.807, 2.05) is 12.1 Å². The van der Waals surface area contributed by atoms with E-state index in [0.29, 0.717) is 17.0 Å². The fourth-order valence-electron chi connectivity index (χ4n) is 2.97. The monoisotopic (exact) mass is 519 g/mol. The predicted molar refractivity (Wildman–Crippen MR) is 118 cm³/mol. The quantitative estimate of drug-likeness (QED) is 0.364. The van der Waals surface area contributed by atoms with Crippen LogP contribution in [0.4, 0.5) is 18.9 Å². The van der Waals surface area contributed by atoms with E-state index in [9.17, 15) is 18.0 Å². The molecule has 0 fully saturated rings. The van der Waals surface area contributed by atoms with Gasteiger partial charge in [0.1, 0.15) is 5.75 Å². The lowest BCUT2D eigenvalue weighted by molar-refractivity contribution is -0.137. The highest BCUT2D eigenvalue weighted by Gasteiger charge is 2.30. The van der Waals surface area contributed by atoms with Crippen LogP contribution in [-0.4, -0.2) is 25.5 Å². The summed E-state index contributed by atoms with van der Waals surface area (Å²) in [5.74, 6) is 0.212. The Bertz CT molecular complexity index is 1250. The van der Waals surface area contributed by atoms with Gasteiger partial charge in [-0.15, -0.1) is 0 Å². The number of hydrogen-bond acceptors (Lipinski definition) is 4. The number of carbonyl (C=O) groups is 1. The van der Waals surface area contributed by atoms with Crippen molar-refractivity contribution in [2.75, 3.05) is 5.32 Å². The highest BCUT2D eigenvalue weighted by atomic mass is 79.9. The molecule has 1 amide bonds. The summed E-state index contributed by atoms with van der Waals surface area (Å²) in [5.41, 5.74) is 0.295. The SMILES string of the molecule is O=C(Nc1cnn(Cc2cccc(C(F)(F)F)c2)c1)c1ccn(COc2ccc(Br)cc2)n1. The van der Waals surface area contributed by atoms with Crippen LogP contribution in [0.5, 0.6) is 5.75 Å². The van der Waals surface area contributed by atoms with Gasteiger partial charge < -0.3 is 10.1 Å². The molecule has 2 aromatic heterocycles. The van der Waals surface area contributed by atoms with Crippen LogP contribution in [0.1, 0.15) is 21.6 Å². The first-order chi connectivity index (χ1) is 15.8. The van der Waals surface area contributed by atoms with E-state index in [1.54, 1.807) is 30.5 Å². The molecule has 0 spiro atoms. The van der Waals surface area contributed by atoms with Crippen LogP contribution in [-0.2, 0) is 19.5 Å². The molecule has 0 saturated carbocycles. The van der Waals surface area contributed by atoms with Crippen molar-refractivity contribution >= 4 is 27.5 Å². The Balaban J connectivity index is 1.34. The first-order valence-electron chi connectivity index (χ1n) is 9.68. The summed E-state index contributed by atoms with van der Waals surface area (Å²) in [6.45, 7) is 0.256. The molecule has 170 valence electrons. The molecule has 4 aromatic rings. The van der Waals surface area contributed by atoms with Crippen molar-refractivity contribution in [2.45, 2.75) is 19.5 Å². The molecule has 0 radical (unpaired) electrons. The van der Waals surface area contributed by atoms with Crippen LogP contribution in [0.2, 0.25) is 0 Å². The minimum absolute atomic E-state index is 0.127. The van der Waals surface area contributed by atoms with E-state index in [0.717, 1.165) is 16.6 Å². The van der Waals surface area contributed by atoms with Crippen molar-refractivity contribution in [1.82, 2.24) is 19.6 Å². The Morgan fingerprint density at radius 2 is 1.88 bits per heavy atom. The highest BCUT2D eigenvalue weighted by molar-refractivity contribution is 9.10. The summed E-state index contributed by atoms with van der Waals surface area (Å²) in [7, 11) is 0. The average molecular weight is 520 g/mol. The average Bonchev–Trinajstić information content (AvgIpc) is 3.43. The molecular weight excluding hydrogens is 503 g/mol. The van der Waals surface area contributed by atoms with E-state index in [4.69, 9.17) is 4.74 Å². The Hall–Kier alpha value is -3.60. The van der Waals surface area contributed by atoms with Crippen LogP contribution in [0, 0.1) is 0 Å². The minimum Gasteiger partial charge on any atom is -0.471 e. The lowest BCUT2D eigenvalue weighted by Gasteiger charge is -2.08. The molecule has 2 aromatic carbocycles. The predicted octanol–water partition coefficient (Wildman–Crippen LogP) is 5.20. The molecule has 11 heteroatoms. The second-order valence-corrected chi connectivity index (χ2v) is 7.96. The highest BCUT2D eigenvalue weighted by Crippen LogP contribution is 2.29. The van der Waals surface area contributed by atoms with Gasteiger partial charge in [-0.05, 0) is 48.0 Å². The number of aromatic nitrogens is 4. The van der Waals surface area contributed by atoms with E-state index in [-0.39, 0.29) is 19.0 Å². The first-order valence-corrected chi connectivity index (χ1v) is 10.5. The minimum atomic E-state index is -4.41. The van der Waals surface area contributed by atoms with Crippen molar-refractivity contribution in [3.05, 3.63) is 94.5 Å². The number of nitrogens with one attached hydrogen (secondary N) is 1. The number of nitrogens with zero attached hydrogens (tertiary/aromatic N) is 4. The molecule has 7 nitrogen and oxygen atoms in total. The Morgan fingerprint density at radius 1 is 1.09 bits per heavy atom. The molecule has 0 aliphatic heterocycles. The van der Waals surface area contributed by atoms with Gasteiger partial charge in [0.25, 0.3) is 5.91 Å². The van der Waals surface area contributed by atoms with Crippen molar-refractivity contribution in [3.63, 3.8) is 0 Å². The lowest BCUT2D eigenvalue weighted by Crippen LogP contribution is -2.14. The maximum absolute atomic E-state index is 12.9. The maximum Gasteiger partial charge on any atom is 0.416 e. The summed E-state index contributed by atoms with van der Waals surface area (Å²) < 4.78 is 48.1. The second kappa shape index (κ2) is 9.49. The molecule has 0 saturated heterocycles. The Labute approximate surface area is 194 Å². The van der Waals surface area contributed by atoms with E-state index >= 15 is 0 Å². The molecule has 0 aliphatic carbocycles. The molecule has 0 bridgehead atoms. The van der Waals surface area contributed by atoms with Crippen molar-refractivity contribution < 1.29 is 22.7 Å². The fraction of sp³-hybridized carbons (Fsp3) is 0.136. The number of benzene rings is 2. The number of carbonyl (C=O) groups excluding carboxylic acids is 1. The molecule has 0 atom stereocenters. The number of amides is 1. The third-order valence-electron chi connectivity index (χ3n) is 4.54. The molecule has 4 rings (SSSR count). The zero-order valence-electron chi connectivity index (χ0n) is 17.0. The summed E-state index contributed by atoms with van der Waals surface area (Å²) in [6, 6.07) is 13.9. The van der Waals surface area contributed by atoms with Crippen LogP contribution >= 0.6 is 15.9 Å². The summed E-state index contributed by atoms with van der Waals surface area (Å²) >= 11 is 3.35. The Kier molecular flexibility index (Phi) is 6.50. The third kappa shape index (κ3) is 6.01. The smallest absolute Gasteiger partial charge is 0.416 e. The topological polar surface area (TPSA) is 74.0 Å². The van der Waals surface area contributed by atoms with Gasteiger partial charge in [0.15, 0.2) is 12.4 Å². The van der Waals surface area contributed by atoms with Crippen molar-refractivity contribution in [1.29, 1.82) is 0 Å². The number of rotatable bonds is 7. The zero-order valence-corrected chi connectivity index (χ0v) is 18.5. The first kappa shape index (κ1) is 22.6. The van der Waals surface area contributed by atoms with Gasteiger partial charge in [-0.2, -0.15) is 23.4 Å². The van der Waals surface area contributed by atoms with Gasteiger partial charge in [-0.3, -0.25) is 9.48 Å². The molecule has 2 heterocycles. The third-order valence-corrected chi connectivity index (χ3v) is 5.07. The van der Waals surface area contributed by atoms with Gasteiger partial charge in [-0.1, -0.05) is 28.1 Å². The van der Waals surface area contributed by atoms with E-state index in [1.165, 1.54) is 27.8 Å². The van der Waals surface area contributed by atoms with Gasteiger partial charge >= 0.3 is 6.18 Å². The summed E-state index contributed by atoms with van der Waals surface area (Å²) in [5, 5.41) is 10.9. The summed E-state index contributed by atoms with van der Waals surface area (Å²) in [6.07, 6.45) is 0.154. The van der Waals surface area contributed by atoms with Crippen LogP contribution in [0.3, 0.4) is 0 Å². The van der Waals surface area contributed by atoms with Crippen molar-refractivity contribution in [2.24, 2.45) is 0 Å². The molecule has 1 N–H and O–H groups in total. The lowest BCUT2D eigenvalue weighted by atomic mass is 10.1. The largest absolute Gasteiger partial charge is 0.471 e. The van der Waals surface area contributed by atoms with Gasteiger partial charge in [0.05, 0.1) is 24.0 Å². The second-order valence-electron chi connectivity index (χ2n) is 7.05. The van der Waals surface area contributed by atoms with E-state index in [2.05, 4.69) is 31.4 Å². The molecule has 0 aliphatic rings. The number of hydrogen-bond donors (Lipinski definition) is 1. The normalized spacial score (nSPS) is 11.4. The van der Waals surface area contributed by atoms with Crippen LogP contribution in [0.25, 0.3) is 0 Å². The van der Waals surface area contributed by atoms with Crippen LogP contribution < -0.4 is 10.1 Å². The van der Waals surface area contributed by atoms with Gasteiger partial charge in [0, 0.05) is 16.9 Å². The number of halogens is 4. The van der Waals surface area contributed by atoms with Crippen molar-refractivity contribution in [3.8, 4) is 5.75 Å². The van der Waals surface area contributed by atoms with E-state index < -0.39 is 17.6 Å². The molecule has 33 heavy (non-hydrogen) atoms. The molecular formula is C22H17BrF3N5O2.